The summed E-state index contributed by atoms with van der Waals surface area (Å²) in [4.78, 5) is 23.7. The van der Waals surface area contributed by atoms with E-state index in [2.05, 4.69) is 15.0 Å². The fourth-order valence-electron chi connectivity index (χ4n) is 1.88. The summed E-state index contributed by atoms with van der Waals surface area (Å²) in [5.74, 6) is -0.305. The highest BCUT2D eigenvalue weighted by Crippen LogP contribution is 2.39. The number of esters is 1. The number of carbonyl (C=O) groups excluding carboxylic acids is 1. The van der Waals surface area contributed by atoms with Crippen LogP contribution in [-0.4, -0.2) is 32.1 Å². The number of ether oxygens (including phenoxy) is 1. The van der Waals surface area contributed by atoms with Crippen molar-refractivity contribution in [2.24, 2.45) is 5.92 Å². The smallest absolute Gasteiger partial charge is 0.313 e. The van der Waals surface area contributed by atoms with Gasteiger partial charge in [-0.2, -0.15) is 4.98 Å². The molecule has 1 aliphatic rings. The van der Waals surface area contributed by atoms with Crippen LogP contribution < -0.4 is 0 Å². The van der Waals surface area contributed by atoms with Crippen molar-refractivity contribution >= 4 is 34.9 Å². The summed E-state index contributed by atoms with van der Waals surface area (Å²) in [5.41, 5.74) is 2.30. The number of fused-ring (bicyclic) bond motifs is 1. The maximum atomic E-state index is 11.5. The van der Waals surface area contributed by atoms with E-state index in [9.17, 15) is 4.79 Å². The average Bonchev–Trinajstić information content (AvgIpc) is 3.05. The van der Waals surface area contributed by atoms with Gasteiger partial charge in [-0.3, -0.25) is 9.36 Å². The van der Waals surface area contributed by atoms with Crippen molar-refractivity contribution in [2.45, 2.75) is 13.3 Å². The summed E-state index contributed by atoms with van der Waals surface area (Å²) < 4.78 is 6.72. The highest BCUT2D eigenvalue weighted by molar-refractivity contribution is 6.28. The van der Waals surface area contributed by atoms with Crippen LogP contribution in [0.1, 0.15) is 13.3 Å². The van der Waals surface area contributed by atoms with E-state index in [1.165, 1.54) is 0 Å². The molecule has 0 amide bonds. The Morgan fingerprint density at radius 2 is 2.47 bits per heavy atom. The van der Waals surface area contributed by atoms with E-state index in [4.69, 9.17) is 16.3 Å². The number of halogens is 1. The summed E-state index contributed by atoms with van der Waals surface area (Å²) in [6.07, 6.45) is 5.76. The van der Waals surface area contributed by atoms with Gasteiger partial charge in [0.1, 0.15) is 11.8 Å². The van der Waals surface area contributed by atoms with Crippen LogP contribution in [0.4, 0.5) is 0 Å². The molecule has 7 heteroatoms. The maximum Gasteiger partial charge on any atom is 0.313 e. The predicted octanol–water partition coefficient (Wildman–Crippen LogP) is 1.90. The first kappa shape index (κ1) is 12.1. The summed E-state index contributed by atoms with van der Waals surface area (Å²) >= 11 is 5.76. The Balaban J connectivity index is 1.87. The first-order valence-corrected chi connectivity index (χ1v) is 6.29. The molecule has 2 aromatic rings. The fourth-order valence-corrected chi connectivity index (χ4v) is 2.00. The number of nitrogens with zero attached hydrogens (tertiary/aromatic N) is 4. The number of imidazole rings is 1. The van der Waals surface area contributed by atoms with Gasteiger partial charge in [-0.05, 0) is 30.5 Å². The Hall–Kier alpha value is -1.95. The van der Waals surface area contributed by atoms with Crippen molar-refractivity contribution in [3.05, 3.63) is 23.4 Å². The van der Waals surface area contributed by atoms with Crippen molar-refractivity contribution < 1.29 is 9.53 Å². The zero-order valence-electron chi connectivity index (χ0n) is 10.2. The van der Waals surface area contributed by atoms with Gasteiger partial charge in [0, 0.05) is 6.20 Å². The molecule has 0 bridgehead atoms. The Morgan fingerprint density at radius 1 is 1.63 bits per heavy atom. The van der Waals surface area contributed by atoms with Gasteiger partial charge in [0.05, 0.1) is 18.7 Å². The molecule has 6 nitrogen and oxygen atoms in total. The van der Waals surface area contributed by atoms with E-state index in [0.29, 0.717) is 17.8 Å². The van der Waals surface area contributed by atoms with Gasteiger partial charge in [-0.1, -0.05) is 0 Å². The molecule has 98 valence electrons. The summed E-state index contributed by atoms with van der Waals surface area (Å²) in [7, 11) is 0. The van der Waals surface area contributed by atoms with Gasteiger partial charge in [-0.25, -0.2) is 9.97 Å². The van der Waals surface area contributed by atoms with Crippen LogP contribution in [0.15, 0.2) is 18.1 Å². The molecule has 0 spiro atoms. The molecule has 0 aromatic carbocycles. The third-order valence-electron chi connectivity index (χ3n) is 2.89. The van der Waals surface area contributed by atoms with Crippen molar-refractivity contribution in [3.8, 4) is 0 Å². The van der Waals surface area contributed by atoms with Crippen LogP contribution >= 0.6 is 11.6 Å². The first-order chi connectivity index (χ1) is 9.19. The summed E-state index contributed by atoms with van der Waals surface area (Å²) in [6.45, 7) is 2.20. The number of carbonyl (C=O) groups is 1. The lowest BCUT2D eigenvalue weighted by atomic mass is 10.4. The Kier molecular flexibility index (Phi) is 2.94. The van der Waals surface area contributed by atoms with Crippen LogP contribution in [0.5, 0.6) is 0 Å². The summed E-state index contributed by atoms with van der Waals surface area (Å²) in [6, 6.07) is 0. The van der Waals surface area contributed by atoms with Gasteiger partial charge in [0.2, 0.25) is 5.28 Å². The number of aromatic nitrogens is 4. The zero-order valence-corrected chi connectivity index (χ0v) is 11.0. The normalized spacial score (nSPS) is 19.9. The van der Waals surface area contributed by atoms with Crippen molar-refractivity contribution in [1.29, 1.82) is 0 Å². The third-order valence-corrected chi connectivity index (χ3v) is 3.07. The van der Waals surface area contributed by atoms with Gasteiger partial charge in [0.25, 0.3) is 0 Å². The first-order valence-electron chi connectivity index (χ1n) is 5.91. The minimum absolute atomic E-state index is 0.130. The molecule has 0 N–H and O–H groups in total. The Bertz CT molecular complexity index is 679. The second-order valence-corrected chi connectivity index (χ2v) is 4.55. The van der Waals surface area contributed by atoms with Crippen LogP contribution in [0.2, 0.25) is 5.28 Å². The minimum Gasteiger partial charge on any atom is -0.466 e. The zero-order chi connectivity index (χ0) is 13.4. The maximum absolute atomic E-state index is 11.5. The minimum atomic E-state index is -0.175. The largest absolute Gasteiger partial charge is 0.466 e. The molecule has 1 fully saturated rings. The summed E-state index contributed by atoms with van der Waals surface area (Å²) in [5, 5.41) is 0.172. The lowest BCUT2D eigenvalue weighted by molar-refractivity contribution is -0.144. The quantitative estimate of drug-likeness (QED) is 0.633. The third kappa shape index (κ3) is 2.31. The van der Waals surface area contributed by atoms with Crippen LogP contribution in [0.3, 0.4) is 0 Å². The molecule has 0 aliphatic heterocycles. The Morgan fingerprint density at radius 3 is 3.26 bits per heavy atom. The number of hydrogen-bond donors (Lipinski definition) is 0. The number of hydrogen-bond acceptors (Lipinski definition) is 5. The van der Waals surface area contributed by atoms with Crippen LogP contribution in [-0.2, 0) is 9.53 Å². The molecule has 0 saturated heterocycles. The molecule has 2 aromatic heterocycles. The van der Waals surface area contributed by atoms with Crippen molar-refractivity contribution in [1.82, 2.24) is 19.5 Å². The van der Waals surface area contributed by atoms with E-state index in [0.717, 1.165) is 12.0 Å². The second-order valence-electron chi connectivity index (χ2n) is 4.21. The second kappa shape index (κ2) is 4.62. The molecular formula is C12H11ClN4O2. The van der Waals surface area contributed by atoms with Crippen LogP contribution in [0, 0.1) is 5.92 Å². The van der Waals surface area contributed by atoms with Gasteiger partial charge in [0.15, 0.2) is 5.65 Å². The lowest BCUT2D eigenvalue weighted by Crippen LogP contribution is -2.05. The predicted molar refractivity (Wildman–Crippen MR) is 69.3 cm³/mol. The van der Waals surface area contributed by atoms with E-state index < -0.39 is 0 Å². The Labute approximate surface area is 114 Å². The SMILES string of the molecule is CCOC(=O)C1CC1=Cn1cnc2cnc(Cl)nc21. The molecule has 1 aliphatic carbocycles. The van der Waals surface area contributed by atoms with Gasteiger partial charge >= 0.3 is 5.97 Å². The fraction of sp³-hybridized carbons (Fsp3) is 0.333. The van der Waals surface area contributed by atoms with E-state index in [-0.39, 0.29) is 17.2 Å². The topological polar surface area (TPSA) is 69.9 Å². The van der Waals surface area contributed by atoms with Crippen molar-refractivity contribution in [3.63, 3.8) is 0 Å². The van der Waals surface area contributed by atoms with Crippen LogP contribution in [0.25, 0.3) is 17.4 Å². The molecule has 19 heavy (non-hydrogen) atoms. The van der Waals surface area contributed by atoms with E-state index in [1.807, 2.05) is 6.20 Å². The van der Waals surface area contributed by atoms with Gasteiger partial charge < -0.3 is 4.74 Å². The highest BCUT2D eigenvalue weighted by atomic mass is 35.5. The average molecular weight is 279 g/mol. The monoisotopic (exact) mass is 278 g/mol. The molecule has 3 rings (SSSR count). The molecular weight excluding hydrogens is 268 g/mol. The molecule has 0 radical (unpaired) electrons. The van der Waals surface area contributed by atoms with Crippen molar-refractivity contribution in [2.75, 3.05) is 6.61 Å². The standard InChI is InChI=1S/C12H11ClN4O2/c1-2-19-11(18)8-3-7(8)5-17-6-15-9-4-14-12(13)16-10(9)17/h4-6,8H,2-3H2,1H3. The number of rotatable bonds is 3. The molecule has 1 saturated carbocycles. The molecule has 1 unspecified atom stereocenters. The highest BCUT2D eigenvalue weighted by Gasteiger charge is 2.38. The molecule has 2 heterocycles. The van der Waals surface area contributed by atoms with E-state index in [1.54, 1.807) is 24.0 Å². The van der Waals surface area contributed by atoms with E-state index >= 15 is 0 Å². The lowest BCUT2D eigenvalue weighted by Gasteiger charge is -1.97. The molecule has 1 atom stereocenters. The van der Waals surface area contributed by atoms with Gasteiger partial charge in [-0.15, -0.1) is 0 Å².